The quantitative estimate of drug-likeness (QED) is 0.832. The molecule has 0 amide bonds. The van der Waals surface area contributed by atoms with E-state index in [1.165, 1.54) is 0 Å². The van der Waals surface area contributed by atoms with Crippen molar-refractivity contribution in [3.8, 4) is 17.6 Å². The molecule has 106 valence electrons. The van der Waals surface area contributed by atoms with E-state index >= 15 is 0 Å². The lowest BCUT2D eigenvalue weighted by Crippen LogP contribution is -2.00. The Balaban J connectivity index is 1.85. The topological polar surface area (TPSA) is 42.2 Å². The van der Waals surface area contributed by atoms with Crippen molar-refractivity contribution in [3.63, 3.8) is 0 Å². The van der Waals surface area contributed by atoms with Crippen molar-refractivity contribution in [3.05, 3.63) is 57.6 Å². The zero-order valence-electron chi connectivity index (χ0n) is 11.0. The van der Waals surface area contributed by atoms with Crippen molar-refractivity contribution in [2.45, 2.75) is 12.3 Å². The van der Waals surface area contributed by atoms with E-state index in [2.05, 4.69) is 6.07 Å². The molecule has 0 radical (unpaired) electrons. The van der Waals surface area contributed by atoms with Gasteiger partial charge in [0, 0.05) is 0 Å². The van der Waals surface area contributed by atoms with Gasteiger partial charge >= 0.3 is 0 Å². The maximum Gasteiger partial charge on any atom is 0.231 e. The Labute approximate surface area is 132 Å². The highest BCUT2D eigenvalue weighted by Gasteiger charge is 2.18. The molecule has 0 saturated heterocycles. The van der Waals surface area contributed by atoms with E-state index in [9.17, 15) is 5.26 Å². The summed E-state index contributed by atoms with van der Waals surface area (Å²) < 4.78 is 10.6. The summed E-state index contributed by atoms with van der Waals surface area (Å²) in [5, 5.41) is 10.4. The van der Waals surface area contributed by atoms with Crippen LogP contribution in [0.4, 0.5) is 0 Å². The van der Waals surface area contributed by atoms with Gasteiger partial charge in [-0.05, 0) is 41.8 Å². The first-order valence-electron chi connectivity index (χ1n) is 6.40. The predicted molar refractivity (Wildman–Crippen MR) is 81.1 cm³/mol. The fourth-order valence-corrected chi connectivity index (χ4v) is 2.59. The van der Waals surface area contributed by atoms with Crippen LogP contribution in [0.25, 0.3) is 0 Å². The minimum absolute atomic E-state index is 0.225. The smallest absolute Gasteiger partial charge is 0.231 e. The van der Waals surface area contributed by atoms with Gasteiger partial charge in [0.2, 0.25) is 6.79 Å². The molecular formula is C16H11Cl2NO2. The zero-order chi connectivity index (χ0) is 14.8. The van der Waals surface area contributed by atoms with E-state index in [4.69, 9.17) is 32.7 Å². The average molecular weight is 320 g/mol. The largest absolute Gasteiger partial charge is 0.454 e. The number of rotatable bonds is 3. The van der Waals surface area contributed by atoms with Crippen LogP contribution in [-0.4, -0.2) is 6.79 Å². The highest BCUT2D eigenvalue weighted by atomic mass is 35.5. The maximum absolute atomic E-state index is 9.43. The van der Waals surface area contributed by atoms with Crippen molar-refractivity contribution in [2.24, 2.45) is 0 Å². The summed E-state index contributed by atoms with van der Waals surface area (Å²) >= 11 is 11.9. The number of nitrogens with zero attached hydrogens (tertiary/aromatic N) is 1. The van der Waals surface area contributed by atoms with Crippen LogP contribution in [0, 0.1) is 11.3 Å². The van der Waals surface area contributed by atoms with Crippen LogP contribution in [0.2, 0.25) is 10.0 Å². The number of hydrogen-bond donors (Lipinski definition) is 0. The highest BCUT2D eigenvalue weighted by molar-refractivity contribution is 6.42. The van der Waals surface area contributed by atoms with Crippen molar-refractivity contribution in [2.75, 3.05) is 6.79 Å². The normalized spacial score (nSPS) is 13.8. The van der Waals surface area contributed by atoms with Crippen LogP contribution in [0.15, 0.2) is 36.4 Å². The van der Waals surface area contributed by atoms with Gasteiger partial charge < -0.3 is 9.47 Å². The molecule has 21 heavy (non-hydrogen) atoms. The second-order valence-corrected chi connectivity index (χ2v) is 5.56. The number of nitriles is 1. The van der Waals surface area contributed by atoms with Crippen LogP contribution in [0.1, 0.15) is 17.0 Å². The lowest BCUT2D eigenvalue weighted by molar-refractivity contribution is 0.174. The molecule has 5 heteroatoms. The minimum atomic E-state index is -0.281. The number of hydrogen-bond acceptors (Lipinski definition) is 3. The number of halogens is 2. The van der Waals surface area contributed by atoms with Crippen LogP contribution < -0.4 is 9.47 Å². The molecule has 1 aliphatic rings. The number of ether oxygens (including phenoxy) is 2. The van der Waals surface area contributed by atoms with Crippen molar-refractivity contribution >= 4 is 23.2 Å². The molecule has 0 aromatic heterocycles. The molecule has 0 saturated carbocycles. The molecule has 0 fully saturated rings. The first-order valence-corrected chi connectivity index (χ1v) is 7.16. The van der Waals surface area contributed by atoms with Gasteiger partial charge in [0.05, 0.1) is 22.0 Å². The Morgan fingerprint density at radius 3 is 2.62 bits per heavy atom. The highest BCUT2D eigenvalue weighted by Crippen LogP contribution is 2.35. The molecule has 0 bridgehead atoms. The fraction of sp³-hybridized carbons (Fsp3) is 0.188. The number of fused-ring (bicyclic) bond motifs is 1. The molecule has 2 aromatic rings. The summed E-state index contributed by atoms with van der Waals surface area (Å²) in [6, 6.07) is 13.3. The number of benzene rings is 2. The van der Waals surface area contributed by atoms with Crippen LogP contribution in [0.5, 0.6) is 11.5 Å². The van der Waals surface area contributed by atoms with E-state index in [0.717, 1.165) is 11.1 Å². The van der Waals surface area contributed by atoms with E-state index in [0.29, 0.717) is 28.0 Å². The minimum Gasteiger partial charge on any atom is -0.454 e. The maximum atomic E-state index is 9.43. The van der Waals surface area contributed by atoms with Crippen LogP contribution in [0.3, 0.4) is 0 Å². The van der Waals surface area contributed by atoms with Gasteiger partial charge in [0.1, 0.15) is 0 Å². The monoisotopic (exact) mass is 319 g/mol. The third kappa shape index (κ3) is 2.92. The zero-order valence-corrected chi connectivity index (χ0v) is 12.5. The van der Waals surface area contributed by atoms with E-state index < -0.39 is 0 Å². The van der Waals surface area contributed by atoms with Gasteiger partial charge in [0.25, 0.3) is 0 Å². The van der Waals surface area contributed by atoms with E-state index in [-0.39, 0.29) is 12.7 Å². The lowest BCUT2D eigenvalue weighted by Gasteiger charge is -2.11. The van der Waals surface area contributed by atoms with Gasteiger partial charge in [-0.15, -0.1) is 0 Å². The first kappa shape index (κ1) is 14.1. The molecular weight excluding hydrogens is 309 g/mol. The van der Waals surface area contributed by atoms with Gasteiger partial charge in [-0.25, -0.2) is 0 Å². The van der Waals surface area contributed by atoms with Gasteiger partial charge in [-0.2, -0.15) is 5.26 Å². The first-order chi connectivity index (χ1) is 10.2. The molecule has 2 aromatic carbocycles. The second kappa shape index (κ2) is 5.85. The molecule has 1 unspecified atom stereocenters. The summed E-state index contributed by atoms with van der Waals surface area (Å²) in [5.74, 6) is 1.11. The van der Waals surface area contributed by atoms with Crippen LogP contribution >= 0.6 is 23.2 Å². The molecule has 0 spiro atoms. The summed E-state index contributed by atoms with van der Waals surface area (Å²) in [4.78, 5) is 0. The molecule has 1 heterocycles. The summed E-state index contributed by atoms with van der Waals surface area (Å²) in [7, 11) is 0. The third-order valence-electron chi connectivity index (χ3n) is 3.38. The van der Waals surface area contributed by atoms with Crippen molar-refractivity contribution in [1.82, 2.24) is 0 Å². The Hall–Kier alpha value is -1.89. The van der Waals surface area contributed by atoms with Crippen molar-refractivity contribution < 1.29 is 9.47 Å². The molecule has 1 aliphatic heterocycles. The molecule has 0 N–H and O–H groups in total. The van der Waals surface area contributed by atoms with Gasteiger partial charge in [-0.3, -0.25) is 0 Å². The molecule has 1 atom stereocenters. The summed E-state index contributed by atoms with van der Waals surface area (Å²) in [5.41, 5.74) is 1.86. The fourth-order valence-electron chi connectivity index (χ4n) is 2.27. The molecule has 3 nitrogen and oxygen atoms in total. The SMILES string of the molecule is N#CC(Cc1ccc(Cl)c(Cl)c1)c1ccc2c(c1)OCO2. The van der Waals surface area contributed by atoms with Gasteiger partial charge in [-0.1, -0.05) is 35.3 Å². The predicted octanol–water partition coefficient (Wildman–Crippen LogP) is 4.57. The second-order valence-electron chi connectivity index (χ2n) is 4.75. The summed E-state index contributed by atoms with van der Waals surface area (Å²) in [6.45, 7) is 0.225. The van der Waals surface area contributed by atoms with Crippen molar-refractivity contribution in [1.29, 1.82) is 5.26 Å². The Morgan fingerprint density at radius 1 is 1.05 bits per heavy atom. The van der Waals surface area contributed by atoms with Gasteiger partial charge in [0.15, 0.2) is 11.5 Å². The third-order valence-corrected chi connectivity index (χ3v) is 4.12. The lowest BCUT2D eigenvalue weighted by atomic mass is 9.93. The van der Waals surface area contributed by atoms with E-state index in [1.807, 2.05) is 24.3 Å². The Kier molecular flexibility index (Phi) is 3.92. The average Bonchev–Trinajstić information content (AvgIpc) is 2.95. The van der Waals surface area contributed by atoms with Crippen LogP contribution in [-0.2, 0) is 6.42 Å². The van der Waals surface area contributed by atoms with E-state index in [1.54, 1.807) is 12.1 Å². The Morgan fingerprint density at radius 2 is 1.86 bits per heavy atom. The molecule has 0 aliphatic carbocycles. The summed E-state index contributed by atoms with van der Waals surface area (Å²) in [6.07, 6.45) is 0.563. The molecule has 3 rings (SSSR count). The Bertz CT molecular complexity index is 725. The standard InChI is InChI=1S/C16H11Cl2NO2/c17-13-3-1-10(6-14(13)18)5-12(8-19)11-2-4-15-16(7-11)21-9-20-15/h1-4,6-7,12H,5,9H2.